The summed E-state index contributed by atoms with van der Waals surface area (Å²) in [7, 11) is 2.20. The van der Waals surface area contributed by atoms with Crippen LogP contribution < -0.4 is 5.32 Å². The maximum Gasteiger partial charge on any atom is 0.242 e. The van der Waals surface area contributed by atoms with Crippen LogP contribution in [0, 0.1) is 5.92 Å². The highest BCUT2D eigenvalue weighted by Crippen LogP contribution is 2.25. The molecule has 0 spiro atoms. The van der Waals surface area contributed by atoms with Crippen molar-refractivity contribution in [2.45, 2.75) is 58.0 Å². The Hall–Kier alpha value is -0.610. The van der Waals surface area contributed by atoms with Crippen molar-refractivity contribution in [3.63, 3.8) is 0 Å². The lowest BCUT2D eigenvalue weighted by molar-refractivity contribution is -0.138. The summed E-state index contributed by atoms with van der Waals surface area (Å²) >= 11 is 0. The lowest BCUT2D eigenvalue weighted by Gasteiger charge is -2.38. The van der Waals surface area contributed by atoms with Crippen LogP contribution in [0.1, 0.15) is 46.5 Å². The summed E-state index contributed by atoms with van der Waals surface area (Å²) in [4.78, 5) is 17.1. The normalized spacial score (nSPS) is 28.6. The molecule has 1 amide bonds. The van der Waals surface area contributed by atoms with Gasteiger partial charge < -0.3 is 15.1 Å². The van der Waals surface area contributed by atoms with Gasteiger partial charge in [-0.2, -0.15) is 0 Å². The van der Waals surface area contributed by atoms with Gasteiger partial charge in [-0.3, -0.25) is 4.79 Å². The Kier molecular flexibility index (Phi) is 5.08. The van der Waals surface area contributed by atoms with Gasteiger partial charge in [-0.15, -0.1) is 0 Å². The molecule has 0 radical (unpaired) electrons. The van der Waals surface area contributed by atoms with Crippen LogP contribution in [0.3, 0.4) is 0 Å². The molecule has 0 bridgehead atoms. The Labute approximate surface area is 123 Å². The number of nitrogens with one attached hydrogen (secondary N) is 1. The molecule has 2 aliphatic rings. The molecule has 0 saturated carbocycles. The second kappa shape index (κ2) is 6.44. The molecule has 20 heavy (non-hydrogen) atoms. The van der Waals surface area contributed by atoms with E-state index in [9.17, 15) is 4.79 Å². The van der Waals surface area contributed by atoms with E-state index in [2.05, 4.69) is 42.9 Å². The van der Waals surface area contributed by atoms with E-state index in [1.807, 2.05) is 0 Å². The van der Waals surface area contributed by atoms with Crippen molar-refractivity contribution in [3.05, 3.63) is 0 Å². The van der Waals surface area contributed by atoms with Crippen LogP contribution in [-0.4, -0.2) is 60.5 Å². The largest absolute Gasteiger partial charge is 0.341 e. The van der Waals surface area contributed by atoms with Crippen molar-refractivity contribution < 1.29 is 4.79 Å². The van der Waals surface area contributed by atoms with E-state index in [0.717, 1.165) is 57.8 Å². The maximum absolute atomic E-state index is 12.6. The van der Waals surface area contributed by atoms with Gasteiger partial charge in [-0.1, -0.05) is 0 Å². The predicted molar refractivity (Wildman–Crippen MR) is 82.7 cm³/mol. The fraction of sp³-hybridized carbons (Fsp3) is 0.938. The van der Waals surface area contributed by atoms with Crippen molar-refractivity contribution in [2.24, 2.45) is 5.92 Å². The molecule has 2 saturated heterocycles. The first-order valence-electron chi connectivity index (χ1n) is 8.17. The van der Waals surface area contributed by atoms with Crippen LogP contribution in [0.5, 0.6) is 0 Å². The van der Waals surface area contributed by atoms with E-state index < -0.39 is 0 Å². The van der Waals surface area contributed by atoms with Crippen LogP contribution in [0.4, 0.5) is 0 Å². The van der Waals surface area contributed by atoms with Gasteiger partial charge in [0, 0.05) is 25.7 Å². The maximum atomic E-state index is 12.6. The fourth-order valence-corrected chi connectivity index (χ4v) is 3.36. The summed E-state index contributed by atoms with van der Waals surface area (Å²) in [6.45, 7) is 10.6. The van der Waals surface area contributed by atoms with Crippen molar-refractivity contribution >= 4 is 5.91 Å². The highest BCUT2D eigenvalue weighted by molar-refractivity contribution is 5.86. The van der Waals surface area contributed by atoms with Gasteiger partial charge in [0.25, 0.3) is 0 Å². The molecule has 0 aromatic rings. The molecule has 1 unspecified atom stereocenters. The smallest absolute Gasteiger partial charge is 0.242 e. The van der Waals surface area contributed by atoms with Crippen LogP contribution >= 0.6 is 0 Å². The third-order valence-electron chi connectivity index (χ3n) is 5.17. The monoisotopic (exact) mass is 281 g/mol. The third-order valence-corrected chi connectivity index (χ3v) is 5.17. The van der Waals surface area contributed by atoms with Crippen LogP contribution in [0.2, 0.25) is 0 Å². The molecule has 0 aliphatic carbocycles. The third kappa shape index (κ3) is 3.53. The van der Waals surface area contributed by atoms with Gasteiger partial charge in [-0.25, -0.2) is 0 Å². The number of nitrogens with zero attached hydrogens (tertiary/aromatic N) is 2. The topological polar surface area (TPSA) is 35.6 Å². The summed E-state index contributed by atoms with van der Waals surface area (Å²) in [5, 5.41) is 3.39. The molecule has 2 fully saturated rings. The van der Waals surface area contributed by atoms with Gasteiger partial charge in [0.2, 0.25) is 5.91 Å². The molecule has 0 aromatic carbocycles. The molecule has 1 atom stereocenters. The molecule has 4 heteroatoms. The molecule has 4 nitrogen and oxygen atoms in total. The molecule has 1 N–H and O–H groups in total. The summed E-state index contributed by atoms with van der Waals surface area (Å²) in [6, 6.07) is 0.608. The molecular formula is C16H31N3O. The van der Waals surface area contributed by atoms with E-state index in [1.165, 1.54) is 0 Å². The minimum absolute atomic E-state index is 0.290. The van der Waals surface area contributed by atoms with E-state index >= 15 is 0 Å². The van der Waals surface area contributed by atoms with E-state index in [4.69, 9.17) is 0 Å². The van der Waals surface area contributed by atoms with Crippen LogP contribution in [0.15, 0.2) is 0 Å². The molecule has 0 aromatic heterocycles. The van der Waals surface area contributed by atoms with Crippen molar-refractivity contribution in [3.8, 4) is 0 Å². The Balaban J connectivity index is 1.80. The average molecular weight is 281 g/mol. The Bertz CT molecular complexity index is 329. The average Bonchev–Trinajstić information content (AvgIpc) is 2.87. The first-order chi connectivity index (χ1) is 9.42. The van der Waals surface area contributed by atoms with Crippen molar-refractivity contribution in [2.75, 3.05) is 33.2 Å². The zero-order valence-electron chi connectivity index (χ0n) is 13.6. The van der Waals surface area contributed by atoms with Gasteiger partial charge >= 0.3 is 0 Å². The van der Waals surface area contributed by atoms with Crippen LogP contribution in [-0.2, 0) is 4.79 Å². The number of rotatable bonds is 4. The zero-order chi connectivity index (χ0) is 14.8. The second-order valence-electron chi connectivity index (χ2n) is 7.13. The fourth-order valence-electron chi connectivity index (χ4n) is 3.36. The lowest BCUT2D eigenvalue weighted by atomic mass is 9.92. The molecular weight excluding hydrogens is 250 g/mol. The van der Waals surface area contributed by atoms with Gasteiger partial charge in [0.05, 0.1) is 5.54 Å². The Morgan fingerprint density at radius 3 is 2.55 bits per heavy atom. The highest BCUT2D eigenvalue weighted by Gasteiger charge is 2.39. The number of piperidine rings is 1. The number of carbonyl (C=O) groups excluding carboxylic acids is 1. The minimum Gasteiger partial charge on any atom is -0.341 e. The minimum atomic E-state index is -0.290. The van der Waals surface area contributed by atoms with E-state index in [-0.39, 0.29) is 5.54 Å². The first-order valence-corrected chi connectivity index (χ1v) is 8.17. The second-order valence-corrected chi connectivity index (χ2v) is 7.13. The number of likely N-dealkylation sites (tertiary alicyclic amines) is 1. The highest BCUT2D eigenvalue weighted by atomic mass is 16.2. The van der Waals surface area contributed by atoms with E-state index in [0.29, 0.717) is 11.9 Å². The number of amides is 1. The van der Waals surface area contributed by atoms with Gasteiger partial charge in [0.1, 0.15) is 0 Å². The van der Waals surface area contributed by atoms with E-state index in [1.54, 1.807) is 0 Å². The molecule has 2 rings (SSSR count). The summed E-state index contributed by atoms with van der Waals surface area (Å²) in [6.07, 6.45) is 4.41. The van der Waals surface area contributed by atoms with Crippen molar-refractivity contribution in [1.29, 1.82) is 0 Å². The standard InChI is InChI=1S/C16H31N3O/c1-13(2)18(4)12-14-6-10-19(11-7-14)15(20)16(3)8-5-9-17-16/h13-14,17H,5-12H2,1-4H3. The molecule has 2 aliphatic heterocycles. The lowest BCUT2D eigenvalue weighted by Crippen LogP contribution is -2.55. The first kappa shape index (κ1) is 15.8. The van der Waals surface area contributed by atoms with Crippen LogP contribution in [0.25, 0.3) is 0 Å². The predicted octanol–water partition coefficient (Wildman–Crippen LogP) is 1.71. The quantitative estimate of drug-likeness (QED) is 0.852. The Morgan fingerprint density at radius 1 is 1.40 bits per heavy atom. The molecule has 116 valence electrons. The summed E-state index contributed by atoms with van der Waals surface area (Å²) < 4.78 is 0. The SMILES string of the molecule is CC(C)N(C)CC1CCN(C(=O)C2(C)CCCN2)CC1. The Morgan fingerprint density at radius 2 is 2.05 bits per heavy atom. The summed E-state index contributed by atoms with van der Waals surface area (Å²) in [5.74, 6) is 1.07. The number of hydrogen-bond donors (Lipinski definition) is 1. The summed E-state index contributed by atoms with van der Waals surface area (Å²) in [5.41, 5.74) is -0.290. The zero-order valence-corrected chi connectivity index (χ0v) is 13.6. The van der Waals surface area contributed by atoms with Gasteiger partial charge in [0.15, 0.2) is 0 Å². The van der Waals surface area contributed by atoms with Gasteiger partial charge in [-0.05, 0) is 66.0 Å². The van der Waals surface area contributed by atoms with Crippen molar-refractivity contribution in [1.82, 2.24) is 15.1 Å². The molecule has 2 heterocycles. The number of carbonyl (C=O) groups is 1. The number of hydrogen-bond acceptors (Lipinski definition) is 3.